The molecule has 0 radical (unpaired) electrons. The van der Waals surface area contributed by atoms with E-state index in [4.69, 9.17) is 5.73 Å². The first-order chi connectivity index (χ1) is 6.25. The normalized spacial score (nSPS) is 12.5. The number of rotatable bonds is 4. The molecule has 0 bridgehead atoms. The molecule has 1 atom stereocenters. The van der Waals surface area contributed by atoms with Crippen molar-refractivity contribution in [3.05, 3.63) is 48.3 Å². The standard InChI is InChI=1S/C11H14FN/c1-2-3-8-11(13)9-6-4-5-7-10(9)12/h2,4-7,11H,1,3,8,13H2/t11-/m1/s1. The summed E-state index contributed by atoms with van der Waals surface area (Å²) in [5.74, 6) is -0.223. The summed E-state index contributed by atoms with van der Waals surface area (Å²) in [4.78, 5) is 0. The van der Waals surface area contributed by atoms with Gasteiger partial charge in [-0.1, -0.05) is 24.3 Å². The van der Waals surface area contributed by atoms with Gasteiger partial charge < -0.3 is 5.73 Å². The van der Waals surface area contributed by atoms with Crippen LogP contribution < -0.4 is 5.73 Å². The smallest absolute Gasteiger partial charge is 0.127 e. The molecule has 0 saturated heterocycles. The first kappa shape index (κ1) is 9.93. The van der Waals surface area contributed by atoms with E-state index >= 15 is 0 Å². The quantitative estimate of drug-likeness (QED) is 0.707. The molecule has 2 N–H and O–H groups in total. The van der Waals surface area contributed by atoms with Crippen LogP contribution in [0, 0.1) is 5.82 Å². The minimum absolute atomic E-state index is 0.223. The van der Waals surface area contributed by atoms with Crippen LogP contribution in [0.3, 0.4) is 0 Å². The maximum Gasteiger partial charge on any atom is 0.127 e. The summed E-state index contributed by atoms with van der Waals surface area (Å²) in [6, 6.07) is 6.40. The van der Waals surface area contributed by atoms with Crippen LogP contribution in [0.25, 0.3) is 0 Å². The lowest BCUT2D eigenvalue weighted by atomic mass is 10.0. The highest BCUT2D eigenvalue weighted by Crippen LogP contribution is 2.18. The van der Waals surface area contributed by atoms with Gasteiger partial charge >= 0.3 is 0 Å². The fraction of sp³-hybridized carbons (Fsp3) is 0.273. The topological polar surface area (TPSA) is 26.0 Å². The molecule has 0 aromatic heterocycles. The third-order valence-corrected chi connectivity index (χ3v) is 1.99. The Morgan fingerprint density at radius 2 is 2.15 bits per heavy atom. The monoisotopic (exact) mass is 179 g/mol. The van der Waals surface area contributed by atoms with Crippen molar-refractivity contribution >= 4 is 0 Å². The van der Waals surface area contributed by atoms with Gasteiger partial charge in [0, 0.05) is 11.6 Å². The van der Waals surface area contributed by atoms with Crippen LogP contribution in [-0.2, 0) is 0 Å². The average Bonchev–Trinajstić information content (AvgIpc) is 2.15. The Kier molecular flexibility index (Phi) is 3.65. The van der Waals surface area contributed by atoms with Gasteiger partial charge in [0.15, 0.2) is 0 Å². The van der Waals surface area contributed by atoms with Crippen molar-refractivity contribution in [2.24, 2.45) is 5.73 Å². The highest BCUT2D eigenvalue weighted by molar-refractivity contribution is 5.20. The maximum atomic E-state index is 13.2. The third kappa shape index (κ3) is 2.67. The molecule has 0 aliphatic rings. The molecule has 0 fully saturated rings. The summed E-state index contributed by atoms with van der Waals surface area (Å²) < 4.78 is 13.2. The Morgan fingerprint density at radius 3 is 2.77 bits per heavy atom. The van der Waals surface area contributed by atoms with Gasteiger partial charge in [-0.3, -0.25) is 0 Å². The summed E-state index contributed by atoms with van der Waals surface area (Å²) in [5, 5.41) is 0. The van der Waals surface area contributed by atoms with Crippen LogP contribution in [0.1, 0.15) is 24.4 Å². The van der Waals surface area contributed by atoms with E-state index in [1.54, 1.807) is 24.3 Å². The molecule has 13 heavy (non-hydrogen) atoms. The summed E-state index contributed by atoms with van der Waals surface area (Å²) >= 11 is 0. The van der Waals surface area contributed by atoms with Crippen LogP contribution in [0.15, 0.2) is 36.9 Å². The van der Waals surface area contributed by atoms with E-state index in [1.165, 1.54) is 6.07 Å². The molecular weight excluding hydrogens is 165 g/mol. The average molecular weight is 179 g/mol. The molecule has 0 amide bonds. The molecule has 1 rings (SSSR count). The summed E-state index contributed by atoms with van der Waals surface area (Å²) in [6.07, 6.45) is 3.35. The van der Waals surface area contributed by atoms with Gasteiger partial charge in [0.1, 0.15) is 5.82 Å². The van der Waals surface area contributed by atoms with E-state index in [9.17, 15) is 4.39 Å². The number of hydrogen-bond donors (Lipinski definition) is 1. The number of allylic oxidation sites excluding steroid dienone is 1. The predicted octanol–water partition coefficient (Wildman–Crippen LogP) is 2.79. The zero-order valence-electron chi connectivity index (χ0n) is 7.54. The molecule has 1 nitrogen and oxygen atoms in total. The van der Waals surface area contributed by atoms with Gasteiger partial charge in [-0.05, 0) is 18.9 Å². The van der Waals surface area contributed by atoms with Gasteiger partial charge in [-0.15, -0.1) is 6.58 Å². The van der Waals surface area contributed by atoms with E-state index < -0.39 is 0 Å². The van der Waals surface area contributed by atoms with Gasteiger partial charge in [-0.2, -0.15) is 0 Å². The van der Waals surface area contributed by atoms with Crippen molar-refractivity contribution in [1.29, 1.82) is 0 Å². The molecule has 2 heteroatoms. The number of halogens is 1. The maximum absolute atomic E-state index is 13.2. The fourth-order valence-electron chi connectivity index (χ4n) is 1.23. The lowest BCUT2D eigenvalue weighted by Crippen LogP contribution is -2.11. The number of hydrogen-bond acceptors (Lipinski definition) is 1. The molecule has 70 valence electrons. The minimum atomic E-state index is -0.223. The minimum Gasteiger partial charge on any atom is -0.324 e. The van der Waals surface area contributed by atoms with Crippen molar-refractivity contribution < 1.29 is 4.39 Å². The van der Waals surface area contributed by atoms with Crippen LogP contribution in [0.4, 0.5) is 4.39 Å². The molecule has 0 aliphatic heterocycles. The Labute approximate surface area is 78.1 Å². The summed E-state index contributed by atoms with van der Waals surface area (Å²) in [7, 11) is 0. The Balaban J connectivity index is 2.70. The van der Waals surface area contributed by atoms with Gasteiger partial charge in [0.05, 0.1) is 0 Å². The van der Waals surface area contributed by atoms with Gasteiger partial charge in [0.25, 0.3) is 0 Å². The zero-order chi connectivity index (χ0) is 9.68. The van der Waals surface area contributed by atoms with E-state index in [-0.39, 0.29) is 11.9 Å². The first-order valence-corrected chi connectivity index (χ1v) is 4.36. The van der Waals surface area contributed by atoms with Crippen molar-refractivity contribution in [3.63, 3.8) is 0 Å². The molecular formula is C11H14FN. The molecule has 1 aromatic carbocycles. The number of benzene rings is 1. The largest absolute Gasteiger partial charge is 0.324 e. The van der Waals surface area contributed by atoms with Crippen molar-refractivity contribution in [1.82, 2.24) is 0 Å². The van der Waals surface area contributed by atoms with E-state index in [0.717, 1.165) is 12.8 Å². The van der Waals surface area contributed by atoms with Crippen LogP contribution in [0.5, 0.6) is 0 Å². The predicted molar refractivity (Wildman–Crippen MR) is 52.8 cm³/mol. The van der Waals surface area contributed by atoms with E-state index in [2.05, 4.69) is 6.58 Å². The van der Waals surface area contributed by atoms with Crippen LogP contribution in [-0.4, -0.2) is 0 Å². The van der Waals surface area contributed by atoms with Crippen LogP contribution >= 0.6 is 0 Å². The highest BCUT2D eigenvalue weighted by Gasteiger charge is 2.08. The Bertz CT molecular complexity index is 283. The molecule has 0 saturated carbocycles. The van der Waals surface area contributed by atoms with Crippen molar-refractivity contribution in [2.45, 2.75) is 18.9 Å². The SMILES string of the molecule is C=CCC[C@@H](N)c1ccccc1F. The number of nitrogens with two attached hydrogens (primary N) is 1. The molecule has 0 heterocycles. The zero-order valence-corrected chi connectivity index (χ0v) is 7.54. The van der Waals surface area contributed by atoms with Gasteiger partial charge in [-0.25, -0.2) is 4.39 Å². The first-order valence-electron chi connectivity index (χ1n) is 4.36. The summed E-state index contributed by atoms with van der Waals surface area (Å²) in [5.41, 5.74) is 6.38. The second kappa shape index (κ2) is 4.77. The van der Waals surface area contributed by atoms with Crippen molar-refractivity contribution in [2.75, 3.05) is 0 Å². The Morgan fingerprint density at radius 1 is 1.46 bits per heavy atom. The van der Waals surface area contributed by atoms with Crippen LogP contribution in [0.2, 0.25) is 0 Å². The highest BCUT2D eigenvalue weighted by atomic mass is 19.1. The summed E-state index contributed by atoms with van der Waals surface area (Å²) in [6.45, 7) is 3.60. The lowest BCUT2D eigenvalue weighted by Gasteiger charge is -2.10. The molecule has 0 spiro atoms. The fourth-order valence-corrected chi connectivity index (χ4v) is 1.23. The Hall–Kier alpha value is -1.15. The molecule has 1 aromatic rings. The van der Waals surface area contributed by atoms with Crippen molar-refractivity contribution in [3.8, 4) is 0 Å². The molecule has 0 aliphatic carbocycles. The molecule has 0 unspecified atom stereocenters. The second-order valence-electron chi connectivity index (χ2n) is 2.99. The third-order valence-electron chi connectivity index (χ3n) is 1.99. The van der Waals surface area contributed by atoms with E-state index in [0.29, 0.717) is 5.56 Å². The van der Waals surface area contributed by atoms with Gasteiger partial charge in [0.2, 0.25) is 0 Å². The second-order valence-corrected chi connectivity index (χ2v) is 2.99. The van der Waals surface area contributed by atoms with E-state index in [1.807, 2.05) is 0 Å². The lowest BCUT2D eigenvalue weighted by molar-refractivity contribution is 0.566.